The van der Waals surface area contributed by atoms with Gasteiger partial charge < -0.3 is 11.1 Å². The summed E-state index contributed by atoms with van der Waals surface area (Å²) >= 11 is 0. The molecule has 1 aliphatic rings. The van der Waals surface area contributed by atoms with Gasteiger partial charge in [-0.2, -0.15) is 5.10 Å². The van der Waals surface area contributed by atoms with Crippen molar-refractivity contribution in [3.8, 4) is 11.4 Å². The highest BCUT2D eigenvalue weighted by molar-refractivity contribution is 5.95. The molecule has 1 aromatic carbocycles. The Labute approximate surface area is 154 Å². The number of carbonyl (C=O) groups excluding carboxylic acids is 1. The fraction of sp³-hybridized carbons (Fsp3) is 0.500. The fourth-order valence-electron chi connectivity index (χ4n) is 2.89. The number of benzene rings is 1. The first-order chi connectivity index (χ1) is 11.6. The molecule has 0 spiro atoms. The van der Waals surface area contributed by atoms with Gasteiger partial charge >= 0.3 is 0 Å². The summed E-state index contributed by atoms with van der Waals surface area (Å²) in [6.45, 7) is 4.34. The Kier molecular flexibility index (Phi) is 6.19. The molecule has 1 fully saturated rings. The number of H-pyrrole nitrogens is 1. The molecule has 7 heteroatoms. The number of nitrogens with two attached hydrogens (primary N) is 1. The summed E-state index contributed by atoms with van der Waals surface area (Å²) in [5.41, 5.74) is 6.98. The van der Waals surface area contributed by atoms with Gasteiger partial charge in [-0.25, -0.2) is 4.98 Å². The van der Waals surface area contributed by atoms with Crippen LogP contribution in [-0.2, 0) is 4.79 Å². The zero-order valence-electron chi connectivity index (χ0n) is 14.7. The van der Waals surface area contributed by atoms with Gasteiger partial charge in [0.05, 0.1) is 5.41 Å². The number of aromatic nitrogens is 3. The van der Waals surface area contributed by atoms with Crippen molar-refractivity contribution in [2.45, 2.75) is 45.4 Å². The lowest BCUT2D eigenvalue weighted by molar-refractivity contribution is -0.125. The highest BCUT2D eigenvalue weighted by Gasteiger charge is 2.33. The van der Waals surface area contributed by atoms with Gasteiger partial charge in [-0.1, -0.05) is 26.0 Å². The number of amides is 1. The summed E-state index contributed by atoms with van der Waals surface area (Å²) in [4.78, 5) is 17.2. The lowest BCUT2D eigenvalue weighted by atomic mass is 9.81. The van der Waals surface area contributed by atoms with Crippen LogP contribution in [0.2, 0.25) is 0 Å². The van der Waals surface area contributed by atoms with Crippen molar-refractivity contribution < 1.29 is 4.79 Å². The van der Waals surface area contributed by atoms with Gasteiger partial charge in [-0.05, 0) is 37.8 Å². The third-order valence-corrected chi connectivity index (χ3v) is 5.07. The van der Waals surface area contributed by atoms with Gasteiger partial charge in [-0.15, -0.1) is 12.4 Å². The smallest absolute Gasteiger partial charge is 0.231 e. The van der Waals surface area contributed by atoms with E-state index in [4.69, 9.17) is 5.73 Å². The maximum Gasteiger partial charge on any atom is 0.231 e. The lowest BCUT2D eigenvalue weighted by Crippen LogP contribution is -2.41. The summed E-state index contributed by atoms with van der Waals surface area (Å²) in [7, 11) is 0. The van der Waals surface area contributed by atoms with Crippen LogP contribution < -0.4 is 11.1 Å². The number of carbonyl (C=O) groups is 1. The molecule has 2 aromatic rings. The van der Waals surface area contributed by atoms with Gasteiger partial charge in [0.15, 0.2) is 5.82 Å². The van der Waals surface area contributed by atoms with E-state index in [1.54, 1.807) is 0 Å². The van der Waals surface area contributed by atoms with Gasteiger partial charge in [-0.3, -0.25) is 9.89 Å². The van der Waals surface area contributed by atoms with Crippen LogP contribution >= 0.6 is 12.4 Å². The molecule has 1 aromatic heterocycles. The Morgan fingerprint density at radius 3 is 2.68 bits per heavy atom. The van der Waals surface area contributed by atoms with Gasteiger partial charge in [0, 0.05) is 23.7 Å². The molecule has 136 valence electrons. The normalized spacial score (nSPS) is 14.0. The van der Waals surface area contributed by atoms with Crippen molar-refractivity contribution in [3.05, 3.63) is 30.1 Å². The third kappa shape index (κ3) is 4.02. The minimum absolute atomic E-state index is 0. The van der Waals surface area contributed by atoms with Crippen LogP contribution in [0.3, 0.4) is 0 Å². The molecule has 1 heterocycles. The summed E-state index contributed by atoms with van der Waals surface area (Å²) in [6, 6.07) is 7.64. The fourth-order valence-corrected chi connectivity index (χ4v) is 2.89. The van der Waals surface area contributed by atoms with E-state index in [0.717, 1.165) is 29.9 Å². The Hall–Kier alpha value is -1.92. The van der Waals surface area contributed by atoms with Crippen LogP contribution in [0.25, 0.3) is 11.4 Å². The van der Waals surface area contributed by atoms with E-state index in [9.17, 15) is 4.79 Å². The molecular formula is C18H26ClN5O. The molecule has 0 atom stereocenters. The first kappa shape index (κ1) is 19.4. The zero-order valence-corrected chi connectivity index (χ0v) is 15.5. The summed E-state index contributed by atoms with van der Waals surface area (Å²) < 4.78 is 0. The molecule has 0 saturated heterocycles. The molecule has 0 aliphatic heterocycles. The van der Waals surface area contributed by atoms with Crippen molar-refractivity contribution in [1.82, 2.24) is 15.2 Å². The van der Waals surface area contributed by atoms with E-state index >= 15 is 0 Å². The second-order valence-electron chi connectivity index (χ2n) is 6.55. The Morgan fingerprint density at radius 1 is 1.36 bits per heavy atom. The van der Waals surface area contributed by atoms with E-state index in [1.807, 2.05) is 38.1 Å². The number of rotatable bonds is 7. The SMILES string of the molecule is CCC(CC)(CN)C(=O)Nc1cccc(-c2n[nH]c(C3CC3)n2)c1.Cl. The average Bonchev–Trinajstić information content (AvgIpc) is 3.34. The molecule has 0 bridgehead atoms. The topological polar surface area (TPSA) is 96.7 Å². The van der Waals surface area contributed by atoms with Crippen LogP contribution in [-0.4, -0.2) is 27.6 Å². The molecular weight excluding hydrogens is 338 g/mol. The Morgan fingerprint density at radius 2 is 2.08 bits per heavy atom. The Balaban J connectivity index is 0.00000225. The predicted molar refractivity (Wildman–Crippen MR) is 102 cm³/mol. The Bertz CT molecular complexity index is 713. The maximum atomic E-state index is 12.6. The molecule has 6 nitrogen and oxygen atoms in total. The second-order valence-corrected chi connectivity index (χ2v) is 6.55. The highest BCUT2D eigenvalue weighted by Crippen LogP contribution is 2.38. The van der Waals surface area contributed by atoms with E-state index in [-0.39, 0.29) is 18.3 Å². The molecule has 1 saturated carbocycles. The number of anilines is 1. The predicted octanol–water partition coefficient (Wildman–Crippen LogP) is 3.47. The van der Waals surface area contributed by atoms with Crippen LogP contribution in [0.4, 0.5) is 5.69 Å². The number of nitrogens with zero attached hydrogens (tertiary/aromatic N) is 2. The molecule has 4 N–H and O–H groups in total. The quantitative estimate of drug-likeness (QED) is 0.701. The maximum absolute atomic E-state index is 12.6. The minimum Gasteiger partial charge on any atom is -0.329 e. The molecule has 25 heavy (non-hydrogen) atoms. The zero-order chi connectivity index (χ0) is 17.2. The van der Waals surface area contributed by atoms with Crippen molar-refractivity contribution >= 4 is 24.0 Å². The van der Waals surface area contributed by atoms with Crippen LogP contribution in [0.1, 0.15) is 51.3 Å². The van der Waals surface area contributed by atoms with E-state index in [1.165, 1.54) is 12.8 Å². The molecule has 1 aliphatic carbocycles. The van der Waals surface area contributed by atoms with Gasteiger partial charge in [0.25, 0.3) is 0 Å². The number of hydrogen-bond donors (Lipinski definition) is 3. The van der Waals surface area contributed by atoms with E-state index in [0.29, 0.717) is 18.3 Å². The van der Waals surface area contributed by atoms with E-state index < -0.39 is 5.41 Å². The standard InChI is InChI=1S/C18H25N5O.ClH/c1-3-18(4-2,11-19)17(24)20-14-7-5-6-13(10-14)16-21-15(22-23-16)12-8-9-12;/h5-7,10,12H,3-4,8-9,11,19H2,1-2H3,(H,20,24)(H,21,22,23);1H. The van der Waals surface area contributed by atoms with Crippen molar-refractivity contribution in [2.75, 3.05) is 11.9 Å². The summed E-state index contributed by atoms with van der Waals surface area (Å²) in [6.07, 6.45) is 3.80. The van der Waals surface area contributed by atoms with Gasteiger partial charge in [0.1, 0.15) is 5.82 Å². The first-order valence-electron chi connectivity index (χ1n) is 8.66. The van der Waals surface area contributed by atoms with Crippen LogP contribution in [0.15, 0.2) is 24.3 Å². The minimum atomic E-state index is -0.514. The molecule has 3 rings (SSSR count). The molecule has 1 amide bonds. The largest absolute Gasteiger partial charge is 0.329 e. The summed E-state index contributed by atoms with van der Waals surface area (Å²) in [5, 5.41) is 10.3. The number of hydrogen-bond acceptors (Lipinski definition) is 4. The van der Waals surface area contributed by atoms with E-state index in [2.05, 4.69) is 20.5 Å². The monoisotopic (exact) mass is 363 g/mol. The number of nitrogens with one attached hydrogen (secondary N) is 2. The first-order valence-corrected chi connectivity index (χ1v) is 8.66. The van der Waals surface area contributed by atoms with Crippen LogP contribution in [0.5, 0.6) is 0 Å². The molecule has 0 radical (unpaired) electrons. The number of aromatic amines is 1. The number of halogens is 1. The second kappa shape index (κ2) is 7.97. The summed E-state index contributed by atoms with van der Waals surface area (Å²) in [5.74, 6) is 2.14. The molecule has 0 unspecified atom stereocenters. The van der Waals surface area contributed by atoms with Crippen molar-refractivity contribution in [1.29, 1.82) is 0 Å². The van der Waals surface area contributed by atoms with Crippen molar-refractivity contribution in [2.24, 2.45) is 11.1 Å². The lowest BCUT2D eigenvalue weighted by Gasteiger charge is -2.28. The van der Waals surface area contributed by atoms with Crippen molar-refractivity contribution in [3.63, 3.8) is 0 Å². The third-order valence-electron chi connectivity index (χ3n) is 5.07. The van der Waals surface area contributed by atoms with Gasteiger partial charge in [0.2, 0.25) is 5.91 Å². The highest BCUT2D eigenvalue weighted by atomic mass is 35.5. The van der Waals surface area contributed by atoms with Crippen LogP contribution in [0, 0.1) is 5.41 Å². The average molecular weight is 364 g/mol.